The quantitative estimate of drug-likeness (QED) is 0.558. The van der Waals surface area contributed by atoms with Gasteiger partial charge in [-0.15, -0.1) is 0 Å². The van der Waals surface area contributed by atoms with E-state index >= 15 is 0 Å². The van der Waals surface area contributed by atoms with E-state index in [1.165, 1.54) is 7.11 Å². The fourth-order valence-electron chi connectivity index (χ4n) is 5.68. The first kappa shape index (κ1) is 30.2. The molecule has 0 aliphatic carbocycles. The molecule has 2 atom stereocenters. The predicted octanol–water partition coefficient (Wildman–Crippen LogP) is 2.20. The van der Waals surface area contributed by atoms with Gasteiger partial charge in [-0.3, -0.25) is 19.2 Å². The van der Waals surface area contributed by atoms with Gasteiger partial charge in [-0.05, 0) is 54.7 Å². The number of nitrogens with zero attached hydrogens (tertiary/aromatic N) is 2. The van der Waals surface area contributed by atoms with Crippen molar-refractivity contribution in [3.8, 4) is 17.2 Å². The van der Waals surface area contributed by atoms with E-state index in [0.717, 1.165) is 30.4 Å². The number of methoxy groups -OCH3 is 1. The standard InChI is InChI=1S/C32H40N4O7/c1-41-26-12-8-22-9-13-29(37)34-25-19-36(32(40)14-16-35-15-4-2-3-5-31(35)39)20-28(25)43-24-10-6-23(7-11-24)18-33-30(38)21-42-27(26)17-22/h6-8,10-12,17,25,28H,2-5,9,13-16,18-21H2,1H3,(H,33,38)(H,34,37)/t25-,28-/m0/s1. The van der Waals surface area contributed by atoms with Gasteiger partial charge in [-0.2, -0.15) is 0 Å². The number of carbonyl (C=O) groups is 4. The second kappa shape index (κ2) is 14.3. The Bertz CT molecular complexity index is 1320. The Morgan fingerprint density at radius 2 is 1.77 bits per heavy atom. The van der Waals surface area contributed by atoms with E-state index in [4.69, 9.17) is 14.2 Å². The minimum atomic E-state index is -0.443. The summed E-state index contributed by atoms with van der Waals surface area (Å²) >= 11 is 0. The van der Waals surface area contributed by atoms with Gasteiger partial charge in [-0.25, -0.2) is 0 Å². The lowest BCUT2D eigenvalue weighted by molar-refractivity contribution is -0.134. The van der Waals surface area contributed by atoms with Gasteiger partial charge in [0.05, 0.1) is 19.7 Å². The number of aryl methyl sites for hydroxylation is 1. The largest absolute Gasteiger partial charge is 0.493 e. The first-order chi connectivity index (χ1) is 20.9. The summed E-state index contributed by atoms with van der Waals surface area (Å²) in [6.45, 7) is 1.90. The molecule has 2 saturated heterocycles. The summed E-state index contributed by atoms with van der Waals surface area (Å²) in [4.78, 5) is 54.7. The highest BCUT2D eigenvalue weighted by Crippen LogP contribution is 2.29. The minimum Gasteiger partial charge on any atom is -0.493 e. The summed E-state index contributed by atoms with van der Waals surface area (Å²) in [5, 5.41) is 5.95. The first-order valence-corrected chi connectivity index (χ1v) is 15.0. The number of nitrogens with one attached hydrogen (secondary N) is 2. The van der Waals surface area contributed by atoms with Crippen LogP contribution in [0.4, 0.5) is 0 Å². The third kappa shape index (κ3) is 8.18. The van der Waals surface area contributed by atoms with Crippen LogP contribution in [0.5, 0.6) is 17.2 Å². The molecule has 0 aromatic heterocycles. The van der Waals surface area contributed by atoms with E-state index in [1.54, 1.807) is 21.9 Å². The summed E-state index contributed by atoms with van der Waals surface area (Å²) in [5.74, 6) is 1.15. The fraction of sp³-hybridized carbons (Fsp3) is 0.500. The number of carbonyl (C=O) groups excluding carboxylic acids is 4. The van der Waals surface area contributed by atoms with E-state index < -0.39 is 12.1 Å². The molecule has 2 fully saturated rings. The fourth-order valence-corrected chi connectivity index (χ4v) is 5.68. The van der Waals surface area contributed by atoms with Crippen LogP contribution in [-0.4, -0.2) is 85.5 Å². The van der Waals surface area contributed by atoms with Crippen LogP contribution in [0.25, 0.3) is 0 Å². The van der Waals surface area contributed by atoms with Gasteiger partial charge in [0.15, 0.2) is 18.1 Å². The molecule has 0 radical (unpaired) electrons. The van der Waals surface area contributed by atoms with Crippen molar-refractivity contribution >= 4 is 23.6 Å². The topological polar surface area (TPSA) is 127 Å². The van der Waals surface area contributed by atoms with Crippen LogP contribution in [0, 0.1) is 0 Å². The van der Waals surface area contributed by atoms with Crippen molar-refractivity contribution in [2.24, 2.45) is 0 Å². The molecule has 11 nitrogen and oxygen atoms in total. The number of fused-ring (bicyclic) bond motifs is 9. The second-order valence-electron chi connectivity index (χ2n) is 11.3. The summed E-state index contributed by atoms with van der Waals surface area (Å²) in [6.07, 6.45) is 3.90. The van der Waals surface area contributed by atoms with Crippen LogP contribution in [-0.2, 0) is 32.1 Å². The molecule has 0 spiro atoms. The molecule has 6 rings (SSSR count). The zero-order valence-corrected chi connectivity index (χ0v) is 24.6. The Balaban J connectivity index is 1.29. The molecule has 4 heterocycles. The average molecular weight is 593 g/mol. The van der Waals surface area contributed by atoms with Crippen LogP contribution >= 0.6 is 0 Å². The third-order valence-electron chi connectivity index (χ3n) is 8.16. The highest BCUT2D eigenvalue weighted by molar-refractivity contribution is 5.80. The van der Waals surface area contributed by atoms with Gasteiger partial charge in [0.1, 0.15) is 11.9 Å². The van der Waals surface area contributed by atoms with Crippen LogP contribution < -0.4 is 24.8 Å². The van der Waals surface area contributed by atoms with Gasteiger partial charge in [-0.1, -0.05) is 24.6 Å². The molecule has 4 amide bonds. The zero-order valence-electron chi connectivity index (χ0n) is 24.6. The summed E-state index contributed by atoms with van der Waals surface area (Å²) in [5.41, 5.74) is 1.75. The van der Waals surface area contributed by atoms with Crippen molar-refractivity contribution in [2.75, 3.05) is 39.9 Å². The molecule has 230 valence electrons. The maximum absolute atomic E-state index is 13.2. The van der Waals surface area contributed by atoms with E-state index in [9.17, 15) is 19.2 Å². The van der Waals surface area contributed by atoms with Crippen LogP contribution in [0.3, 0.4) is 0 Å². The van der Waals surface area contributed by atoms with E-state index in [2.05, 4.69) is 10.6 Å². The molecule has 4 bridgehead atoms. The lowest BCUT2D eigenvalue weighted by Gasteiger charge is -2.22. The molecule has 4 aliphatic heterocycles. The number of likely N-dealkylation sites (tertiary alicyclic amines) is 2. The smallest absolute Gasteiger partial charge is 0.258 e. The van der Waals surface area contributed by atoms with Gasteiger partial charge in [0.2, 0.25) is 17.7 Å². The van der Waals surface area contributed by atoms with Crippen molar-refractivity contribution in [2.45, 2.75) is 63.6 Å². The predicted molar refractivity (Wildman–Crippen MR) is 158 cm³/mol. The Morgan fingerprint density at radius 3 is 2.58 bits per heavy atom. The maximum atomic E-state index is 13.2. The summed E-state index contributed by atoms with van der Waals surface area (Å²) in [6, 6.07) is 12.4. The summed E-state index contributed by atoms with van der Waals surface area (Å²) < 4.78 is 17.4. The lowest BCUT2D eigenvalue weighted by Crippen LogP contribution is -2.45. The van der Waals surface area contributed by atoms with E-state index in [1.807, 2.05) is 30.3 Å². The highest BCUT2D eigenvalue weighted by atomic mass is 16.5. The molecule has 2 aromatic carbocycles. The molecular formula is C32H40N4O7. The number of benzene rings is 2. The number of hydrogen-bond acceptors (Lipinski definition) is 7. The molecular weight excluding hydrogens is 552 g/mol. The Hall–Kier alpha value is -4.28. The Labute approximate surface area is 251 Å². The molecule has 2 N–H and O–H groups in total. The van der Waals surface area contributed by atoms with Crippen molar-refractivity contribution in [3.05, 3.63) is 53.6 Å². The molecule has 4 aliphatic rings. The molecule has 43 heavy (non-hydrogen) atoms. The first-order valence-electron chi connectivity index (χ1n) is 15.0. The number of ether oxygens (including phenoxy) is 3. The van der Waals surface area contributed by atoms with Crippen LogP contribution in [0.2, 0.25) is 0 Å². The second-order valence-corrected chi connectivity index (χ2v) is 11.3. The number of rotatable bonds is 4. The minimum absolute atomic E-state index is 0.0614. The third-order valence-corrected chi connectivity index (χ3v) is 8.16. The van der Waals surface area contributed by atoms with Crippen LogP contribution in [0.1, 0.15) is 49.7 Å². The zero-order chi connectivity index (χ0) is 30.2. The van der Waals surface area contributed by atoms with Crippen LogP contribution in [0.15, 0.2) is 42.5 Å². The highest BCUT2D eigenvalue weighted by Gasteiger charge is 2.38. The van der Waals surface area contributed by atoms with Crippen molar-refractivity contribution in [1.82, 2.24) is 20.4 Å². The number of hydrogen-bond donors (Lipinski definition) is 2. The monoisotopic (exact) mass is 592 g/mol. The van der Waals surface area contributed by atoms with E-state index in [-0.39, 0.29) is 43.1 Å². The Morgan fingerprint density at radius 1 is 0.953 bits per heavy atom. The SMILES string of the molecule is COc1ccc2cc1OCC(=O)NCc1ccc(cc1)O[C@H]1CN(C(=O)CCN3CCCCCC3=O)C[C@@H]1NC(=O)CC2. The normalized spacial score (nSPS) is 21.7. The van der Waals surface area contributed by atoms with Crippen molar-refractivity contribution in [3.63, 3.8) is 0 Å². The van der Waals surface area contributed by atoms with Gasteiger partial charge >= 0.3 is 0 Å². The van der Waals surface area contributed by atoms with Gasteiger partial charge in [0, 0.05) is 45.4 Å². The van der Waals surface area contributed by atoms with Crippen molar-refractivity contribution < 1.29 is 33.4 Å². The maximum Gasteiger partial charge on any atom is 0.258 e. The molecule has 11 heteroatoms. The molecule has 0 saturated carbocycles. The van der Waals surface area contributed by atoms with Crippen molar-refractivity contribution in [1.29, 1.82) is 0 Å². The lowest BCUT2D eigenvalue weighted by atomic mass is 10.1. The van der Waals surface area contributed by atoms with Gasteiger partial charge < -0.3 is 34.6 Å². The van der Waals surface area contributed by atoms with E-state index in [0.29, 0.717) is 62.8 Å². The molecule has 2 aromatic rings. The molecule has 0 unspecified atom stereocenters. The number of amides is 4. The average Bonchev–Trinajstić information content (AvgIpc) is 3.28. The van der Waals surface area contributed by atoms with Gasteiger partial charge in [0.25, 0.3) is 5.91 Å². The Kier molecular flexibility index (Phi) is 10.0. The summed E-state index contributed by atoms with van der Waals surface area (Å²) in [7, 11) is 1.53.